The summed E-state index contributed by atoms with van der Waals surface area (Å²) in [5.41, 5.74) is 0. The number of carbonyl (C=O) groups is 1. The van der Waals surface area contributed by atoms with Gasteiger partial charge in [-0.25, -0.2) is 0 Å². The van der Waals surface area contributed by atoms with Crippen molar-refractivity contribution >= 4 is 5.91 Å². The fourth-order valence-corrected chi connectivity index (χ4v) is 3.04. The number of likely N-dealkylation sites (tertiary alicyclic amines) is 1. The van der Waals surface area contributed by atoms with Crippen LogP contribution in [0, 0.1) is 5.92 Å². The Morgan fingerprint density at radius 1 is 1.35 bits per heavy atom. The van der Waals surface area contributed by atoms with E-state index in [2.05, 4.69) is 5.32 Å². The molecule has 2 fully saturated rings. The van der Waals surface area contributed by atoms with Crippen molar-refractivity contribution in [1.82, 2.24) is 10.2 Å². The summed E-state index contributed by atoms with van der Waals surface area (Å²) in [6.07, 6.45) is 5.01. The number of aliphatic hydroxyl groups is 1. The normalized spacial score (nSPS) is 34.4. The molecule has 1 amide bonds. The number of hydrogen-bond donors (Lipinski definition) is 2. The fraction of sp³-hybridized carbons (Fsp3) is 0.923. The Hall–Kier alpha value is -0.610. The zero-order valence-electron chi connectivity index (χ0n) is 10.7. The molecule has 3 atom stereocenters. The third-order valence-corrected chi connectivity index (χ3v) is 4.07. The largest absolute Gasteiger partial charge is 0.393 e. The summed E-state index contributed by atoms with van der Waals surface area (Å²) in [7, 11) is 0. The highest BCUT2D eigenvalue weighted by molar-refractivity contribution is 5.83. The van der Waals surface area contributed by atoms with Crippen LogP contribution < -0.4 is 5.32 Å². The second-order valence-corrected chi connectivity index (χ2v) is 5.30. The van der Waals surface area contributed by atoms with Crippen LogP contribution in [0.2, 0.25) is 0 Å². The fourth-order valence-electron chi connectivity index (χ4n) is 3.04. The Labute approximate surface area is 103 Å². The summed E-state index contributed by atoms with van der Waals surface area (Å²) in [5.74, 6) is 0.526. The monoisotopic (exact) mass is 240 g/mol. The van der Waals surface area contributed by atoms with E-state index in [0.717, 1.165) is 45.3 Å². The van der Waals surface area contributed by atoms with Gasteiger partial charge in [0.1, 0.15) is 0 Å². The van der Waals surface area contributed by atoms with Crippen LogP contribution in [0.15, 0.2) is 0 Å². The van der Waals surface area contributed by atoms with E-state index in [0.29, 0.717) is 5.92 Å². The first-order chi connectivity index (χ1) is 8.22. The molecule has 1 saturated heterocycles. The molecule has 0 spiro atoms. The van der Waals surface area contributed by atoms with Gasteiger partial charge in [-0.05, 0) is 25.8 Å². The molecule has 4 nitrogen and oxygen atoms in total. The lowest BCUT2D eigenvalue weighted by atomic mass is 9.86. The van der Waals surface area contributed by atoms with Gasteiger partial charge in [0.2, 0.25) is 5.91 Å². The molecule has 98 valence electrons. The lowest BCUT2D eigenvalue weighted by molar-refractivity contribution is -0.130. The van der Waals surface area contributed by atoms with Crippen LogP contribution in [0.1, 0.15) is 39.0 Å². The third-order valence-electron chi connectivity index (χ3n) is 4.07. The summed E-state index contributed by atoms with van der Waals surface area (Å²) < 4.78 is 0. The first-order valence-electron chi connectivity index (χ1n) is 6.92. The van der Waals surface area contributed by atoms with Crippen molar-refractivity contribution in [1.29, 1.82) is 0 Å². The minimum atomic E-state index is -0.199. The zero-order valence-corrected chi connectivity index (χ0v) is 10.7. The standard InChI is InChI=1S/C13H24N2O2/c1-2-14-11-7-8-15(13(11)17)9-10-5-3-4-6-12(10)16/h10-12,14,16H,2-9H2,1H3. The van der Waals surface area contributed by atoms with Gasteiger partial charge in [0.25, 0.3) is 0 Å². The molecule has 3 unspecified atom stereocenters. The molecule has 1 heterocycles. The number of carbonyl (C=O) groups excluding carboxylic acids is 1. The second-order valence-electron chi connectivity index (χ2n) is 5.30. The minimum absolute atomic E-state index is 0.0146. The number of likely N-dealkylation sites (N-methyl/N-ethyl adjacent to an activating group) is 1. The molecule has 2 aliphatic rings. The topological polar surface area (TPSA) is 52.6 Å². The van der Waals surface area contributed by atoms with Gasteiger partial charge < -0.3 is 15.3 Å². The summed E-state index contributed by atoms with van der Waals surface area (Å²) in [4.78, 5) is 14.0. The van der Waals surface area contributed by atoms with E-state index in [4.69, 9.17) is 0 Å². The van der Waals surface area contributed by atoms with E-state index in [1.165, 1.54) is 6.42 Å². The number of nitrogens with one attached hydrogen (secondary N) is 1. The maximum atomic E-state index is 12.1. The van der Waals surface area contributed by atoms with Crippen molar-refractivity contribution in [2.24, 2.45) is 5.92 Å². The van der Waals surface area contributed by atoms with Crippen molar-refractivity contribution in [3.05, 3.63) is 0 Å². The van der Waals surface area contributed by atoms with Gasteiger partial charge >= 0.3 is 0 Å². The van der Waals surface area contributed by atoms with Crippen LogP contribution in [0.4, 0.5) is 0 Å². The van der Waals surface area contributed by atoms with Crippen molar-refractivity contribution in [2.45, 2.75) is 51.2 Å². The SMILES string of the molecule is CCNC1CCN(CC2CCCCC2O)C1=O. The number of hydrogen-bond acceptors (Lipinski definition) is 3. The highest BCUT2D eigenvalue weighted by atomic mass is 16.3. The Kier molecular flexibility index (Phi) is 4.40. The average molecular weight is 240 g/mol. The highest BCUT2D eigenvalue weighted by Gasteiger charge is 2.34. The number of nitrogens with zero attached hydrogens (tertiary/aromatic N) is 1. The highest BCUT2D eigenvalue weighted by Crippen LogP contribution is 2.26. The summed E-state index contributed by atoms with van der Waals surface area (Å²) in [5, 5.41) is 13.2. The molecule has 0 radical (unpaired) electrons. The Balaban J connectivity index is 1.85. The van der Waals surface area contributed by atoms with Crippen LogP contribution in [0.5, 0.6) is 0 Å². The molecule has 1 saturated carbocycles. The first kappa shape index (κ1) is 12.8. The molecule has 17 heavy (non-hydrogen) atoms. The Morgan fingerprint density at radius 3 is 2.82 bits per heavy atom. The minimum Gasteiger partial charge on any atom is -0.393 e. The van der Waals surface area contributed by atoms with Gasteiger partial charge in [-0.15, -0.1) is 0 Å². The van der Waals surface area contributed by atoms with Gasteiger partial charge in [-0.1, -0.05) is 19.8 Å². The average Bonchev–Trinajstić information content (AvgIpc) is 2.65. The molecule has 0 bridgehead atoms. The second kappa shape index (κ2) is 5.83. The smallest absolute Gasteiger partial charge is 0.239 e. The summed E-state index contributed by atoms with van der Waals surface area (Å²) in [6.45, 7) is 4.47. The van der Waals surface area contributed by atoms with Gasteiger partial charge in [0.05, 0.1) is 12.1 Å². The van der Waals surface area contributed by atoms with Gasteiger partial charge in [0, 0.05) is 19.0 Å². The zero-order chi connectivity index (χ0) is 12.3. The molecule has 0 aromatic rings. The van der Waals surface area contributed by atoms with Gasteiger partial charge in [0.15, 0.2) is 0 Å². The molecule has 2 N–H and O–H groups in total. The Morgan fingerprint density at radius 2 is 2.12 bits per heavy atom. The molecule has 2 rings (SSSR count). The van der Waals surface area contributed by atoms with Crippen LogP contribution in [-0.4, -0.2) is 47.7 Å². The van der Waals surface area contributed by atoms with E-state index >= 15 is 0 Å². The predicted octanol–water partition coefficient (Wildman–Crippen LogP) is 0.748. The predicted molar refractivity (Wildman–Crippen MR) is 66.6 cm³/mol. The molecular formula is C13H24N2O2. The van der Waals surface area contributed by atoms with E-state index in [1.807, 2.05) is 11.8 Å². The van der Waals surface area contributed by atoms with Crippen molar-refractivity contribution in [2.75, 3.05) is 19.6 Å². The first-order valence-corrected chi connectivity index (χ1v) is 6.92. The van der Waals surface area contributed by atoms with Crippen LogP contribution in [0.25, 0.3) is 0 Å². The van der Waals surface area contributed by atoms with E-state index in [-0.39, 0.29) is 18.1 Å². The lowest BCUT2D eigenvalue weighted by Crippen LogP contribution is -2.42. The van der Waals surface area contributed by atoms with Gasteiger partial charge in [-0.2, -0.15) is 0 Å². The summed E-state index contributed by atoms with van der Waals surface area (Å²) in [6, 6.07) is 0.0146. The summed E-state index contributed by atoms with van der Waals surface area (Å²) >= 11 is 0. The van der Waals surface area contributed by atoms with Crippen LogP contribution in [0.3, 0.4) is 0 Å². The quantitative estimate of drug-likeness (QED) is 0.762. The molecule has 1 aliphatic heterocycles. The molecule has 0 aromatic carbocycles. The molecule has 1 aliphatic carbocycles. The third kappa shape index (κ3) is 2.99. The van der Waals surface area contributed by atoms with E-state index in [1.54, 1.807) is 0 Å². The lowest BCUT2D eigenvalue weighted by Gasteiger charge is -2.31. The number of amides is 1. The van der Waals surface area contributed by atoms with Crippen molar-refractivity contribution < 1.29 is 9.90 Å². The van der Waals surface area contributed by atoms with Crippen molar-refractivity contribution in [3.8, 4) is 0 Å². The molecule has 0 aromatic heterocycles. The van der Waals surface area contributed by atoms with Crippen LogP contribution in [-0.2, 0) is 4.79 Å². The van der Waals surface area contributed by atoms with Crippen molar-refractivity contribution in [3.63, 3.8) is 0 Å². The number of aliphatic hydroxyl groups excluding tert-OH is 1. The molecule has 4 heteroatoms. The van der Waals surface area contributed by atoms with E-state index < -0.39 is 0 Å². The van der Waals surface area contributed by atoms with E-state index in [9.17, 15) is 9.90 Å². The Bertz CT molecular complexity index is 270. The number of rotatable bonds is 4. The van der Waals surface area contributed by atoms with Crippen LogP contribution >= 0.6 is 0 Å². The van der Waals surface area contributed by atoms with Gasteiger partial charge in [-0.3, -0.25) is 4.79 Å². The maximum absolute atomic E-state index is 12.1. The molecular weight excluding hydrogens is 216 g/mol. The maximum Gasteiger partial charge on any atom is 0.239 e.